The van der Waals surface area contributed by atoms with Gasteiger partial charge in [-0.1, -0.05) is 27.7 Å². The highest BCUT2D eigenvalue weighted by atomic mass is 16.4. The fraction of sp³-hybridized carbons (Fsp3) is 0.600. The van der Waals surface area contributed by atoms with Crippen LogP contribution in [0.3, 0.4) is 0 Å². The van der Waals surface area contributed by atoms with Gasteiger partial charge in [-0.3, -0.25) is 9.69 Å². The molecule has 6 nitrogen and oxygen atoms in total. The smallest absolute Gasteiger partial charge is 0.326 e. The maximum atomic E-state index is 12.0. The number of amides is 1. The van der Waals surface area contributed by atoms with E-state index in [0.717, 1.165) is 13.1 Å². The number of nitrogens with zero attached hydrogens (tertiary/aromatic N) is 1. The minimum atomic E-state index is -1.05. The number of hydrogen-bond acceptors (Lipinski definition) is 4. The van der Waals surface area contributed by atoms with Gasteiger partial charge in [0.25, 0.3) is 5.91 Å². The number of carboxylic acid groups (broad SMARTS) is 1. The molecular formula is C15H24N2O4. The van der Waals surface area contributed by atoms with Crippen molar-refractivity contribution in [2.24, 2.45) is 5.92 Å². The molecule has 0 spiro atoms. The lowest BCUT2D eigenvalue weighted by Crippen LogP contribution is -2.44. The maximum Gasteiger partial charge on any atom is 0.326 e. The second-order valence-corrected chi connectivity index (χ2v) is 5.26. The van der Waals surface area contributed by atoms with Crippen LogP contribution in [0, 0.1) is 5.92 Å². The van der Waals surface area contributed by atoms with Gasteiger partial charge in [0, 0.05) is 0 Å². The van der Waals surface area contributed by atoms with Crippen molar-refractivity contribution in [2.75, 3.05) is 13.1 Å². The van der Waals surface area contributed by atoms with Gasteiger partial charge in [0.05, 0.1) is 6.54 Å². The van der Waals surface area contributed by atoms with E-state index in [4.69, 9.17) is 9.52 Å². The summed E-state index contributed by atoms with van der Waals surface area (Å²) in [7, 11) is 0. The molecule has 6 heteroatoms. The van der Waals surface area contributed by atoms with Crippen LogP contribution in [0.15, 0.2) is 16.5 Å². The highest BCUT2D eigenvalue weighted by molar-refractivity contribution is 5.94. The first-order valence-electron chi connectivity index (χ1n) is 7.23. The molecule has 0 bridgehead atoms. The van der Waals surface area contributed by atoms with Gasteiger partial charge >= 0.3 is 5.97 Å². The van der Waals surface area contributed by atoms with E-state index in [1.165, 1.54) is 0 Å². The molecule has 0 saturated carbocycles. The average Bonchev–Trinajstić information content (AvgIpc) is 2.89. The number of aliphatic carboxylic acids is 1. The summed E-state index contributed by atoms with van der Waals surface area (Å²) in [5, 5.41) is 11.6. The Hall–Kier alpha value is -1.82. The van der Waals surface area contributed by atoms with Crippen LogP contribution in [0.2, 0.25) is 0 Å². The molecule has 1 atom stereocenters. The Bertz CT molecular complexity index is 478. The second-order valence-electron chi connectivity index (χ2n) is 5.26. The van der Waals surface area contributed by atoms with Crippen molar-refractivity contribution < 1.29 is 19.1 Å². The number of carboxylic acids is 1. The van der Waals surface area contributed by atoms with Crippen molar-refractivity contribution in [1.29, 1.82) is 0 Å². The van der Waals surface area contributed by atoms with E-state index in [-0.39, 0.29) is 11.7 Å². The molecule has 21 heavy (non-hydrogen) atoms. The summed E-state index contributed by atoms with van der Waals surface area (Å²) in [4.78, 5) is 25.3. The Labute approximate surface area is 125 Å². The van der Waals surface area contributed by atoms with Gasteiger partial charge in [-0.05, 0) is 31.1 Å². The molecule has 1 amide bonds. The summed E-state index contributed by atoms with van der Waals surface area (Å²) < 4.78 is 5.49. The summed E-state index contributed by atoms with van der Waals surface area (Å²) in [6.07, 6.45) is 0. The molecular weight excluding hydrogens is 272 g/mol. The topological polar surface area (TPSA) is 82.8 Å². The highest BCUT2D eigenvalue weighted by Crippen LogP contribution is 2.12. The molecule has 0 aliphatic heterocycles. The van der Waals surface area contributed by atoms with Gasteiger partial charge in [-0.25, -0.2) is 4.79 Å². The normalized spacial score (nSPS) is 12.7. The number of nitrogens with one attached hydrogen (secondary N) is 1. The monoisotopic (exact) mass is 296 g/mol. The Morgan fingerprint density at radius 2 is 1.90 bits per heavy atom. The Morgan fingerprint density at radius 1 is 1.29 bits per heavy atom. The number of carbonyl (C=O) groups excluding carboxylic acids is 1. The lowest BCUT2D eigenvalue weighted by molar-refractivity contribution is -0.140. The van der Waals surface area contributed by atoms with E-state index in [2.05, 4.69) is 24.1 Å². The van der Waals surface area contributed by atoms with Gasteiger partial charge in [0.1, 0.15) is 11.8 Å². The van der Waals surface area contributed by atoms with Crippen LogP contribution in [0.5, 0.6) is 0 Å². The first-order chi connectivity index (χ1) is 9.88. The SMILES string of the molecule is CCN(CC)Cc1ccc(C(=O)NC(C(=O)O)C(C)C)o1. The summed E-state index contributed by atoms with van der Waals surface area (Å²) in [6.45, 7) is 10.0. The van der Waals surface area contributed by atoms with Crippen molar-refractivity contribution in [2.45, 2.75) is 40.3 Å². The molecule has 0 aromatic carbocycles. The van der Waals surface area contributed by atoms with E-state index >= 15 is 0 Å². The number of carbonyl (C=O) groups is 2. The third-order valence-electron chi connectivity index (χ3n) is 3.38. The van der Waals surface area contributed by atoms with Crippen LogP contribution in [-0.4, -0.2) is 41.0 Å². The van der Waals surface area contributed by atoms with Crippen molar-refractivity contribution >= 4 is 11.9 Å². The zero-order valence-corrected chi connectivity index (χ0v) is 13.0. The number of furan rings is 1. The molecule has 1 aromatic heterocycles. The standard InChI is InChI=1S/C15H24N2O4/c1-5-17(6-2)9-11-7-8-12(21-11)14(18)16-13(10(3)4)15(19)20/h7-8,10,13H,5-6,9H2,1-4H3,(H,16,18)(H,19,20). The molecule has 2 N–H and O–H groups in total. The van der Waals surface area contributed by atoms with E-state index in [9.17, 15) is 9.59 Å². The van der Waals surface area contributed by atoms with Crippen LogP contribution >= 0.6 is 0 Å². The van der Waals surface area contributed by atoms with Gasteiger partial charge in [-0.15, -0.1) is 0 Å². The van der Waals surface area contributed by atoms with E-state index in [0.29, 0.717) is 12.3 Å². The van der Waals surface area contributed by atoms with Gasteiger partial charge in [-0.2, -0.15) is 0 Å². The van der Waals surface area contributed by atoms with Crippen LogP contribution < -0.4 is 5.32 Å². The zero-order valence-electron chi connectivity index (χ0n) is 13.0. The minimum absolute atomic E-state index is 0.143. The Morgan fingerprint density at radius 3 is 2.38 bits per heavy atom. The van der Waals surface area contributed by atoms with Gasteiger partial charge in [0.15, 0.2) is 5.76 Å². The van der Waals surface area contributed by atoms with Crippen LogP contribution in [0.4, 0.5) is 0 Å². The maximum absolute atomic E-state index is 12.0. The molecule has 0 aliphatic rings. The van der Waals surface area contributed by atoms with Gasteiger partial charge < -0.3 is 14.8 Å². The quantitative estimate of drug-likeness (QED) is 0.766. The first kappa shape index (κ1) is 17.2. The lowest BCUT2D eigenvalue weighted by Gasteiger charge is -2.17. The molecule has 1 aromatic rings. The van der Waals surface area contributed by atoms with Crippen LogP contribution in [0.1, 0.15) is 44.0 Å². The molecule has 0 aliphatic carbocycles. The molecule has 1 heterocycles. The lowest BCUT2D eigenvalue weighted by atomic mass is 10.0. The number of rotatable bonds is 8. The third kappa shape index (κ3) is 4.90. The minimum Gasteiger partial charge on any atom is -0.480 e. The average molecular weight is 296 g/mol. The first-order valence-corrected chi connectivity index (χ1v) is 7.23. The highest BCUT2D eigenvalue weighted by Gasteiger charge is 2.25. The van der Waals surface area contributed by atoms with Crippen LogP contribution in [0.25, 0.3) is 0 Å². The van der Waals surface area contributed by atoms with Crippen molar-refractivity contribution in [1.82, 2.24) is 10.2 Å². The predicted molar refractivity (Wildman–Crippen MR) is 79.1 cm³/mol. The predicted octanol–water partition coefficient (Wildman–Crippen LogP) is 1.96. The zero-order chi connectivity index (χ0) is 16.0. The summed E-state index contributed by atoms with van der Waals surface area (Å²) in [5.74, 6) is -0.906. The fourth-order valence-corrected chi connectivity index (χ4v) is 1.98. The molecule has 0 saturated heterocycles. The molecule has 1 unspecified atom stereocenters. The fourth-order valence-electron chi connectivity index (χ4n) is 1.98. The summed E-state index contributed by atoms with van der Waals surface area (Å²) in [5.41, 5.74) is 0. The molecule has 1 rings (SSSR count). The van der Waals surface area contributed by atoms with Crippen molar-refractivity contribution in [3.63, 3.8) is 0 Å². The van der Waals surface area contributed by atoms with Gasteiger partial charge in [0.2, 0.25) is 0 Å². The third-order valence-corrected chi connectivity index (χ3v) is 3.38. The Balaban J connectivity index is 2.71. The van der Waals surface area contributed by atoms with E-state index < -0.39 is 17.9 Å². The van der Waals surface area contributed by atoms with Crippen molar-refractivity contribution in [3.05, 3.63) is 23.7 Å². The molecule has 0 fully saturated rings. The summed E-state index contributed by atoms with van der Waals surface area (Å²) in [6, 6.07) is 2.40. The summed E-state index contributed by atoms with van der Waals surface area (Å²) >= 11 is 0. The van der Waals surface area contributed by atoms with Crippen LogP contribution in [-0.2, 0) is 11.3 Å². The van der Waals surface area contributed by atoms with E-state index in [1.54, 1.807) is 26.0 Å². The molecule has 118 valence electrons. The van der Waals surface area contributed by atoms with Crippen molar-refractivity contribution in [3.8, 4) is 0 Å². The molecule has 0 radical (unpaired) electrons. The largest absolute Gasteiger partial charge is 0.480 e. The van der Waals surface area contributed by atoms with E-state index in [1.807, 2.05) is 0 Å². The number of hydrogen-bond donors (Lipinski definition) is 2. The second kappa shape index (κ2) is 7.83. The Kier molecular flexibility index (Phi) is 6.42.